The molecule has 2 heteroatoms. The Hall–Kier alpha value is -0.860. The van der Waals surface area contributed by atoms with Gasteiger partial charge in [-0.2, -0.15) is 0 Å². The summed E-state index contributed by atoms with van der Waals surface area (Å²) in [6.07, 6.45) is 6.69. The van der Waals surface area contributed by atoms with Gasteiger partial charge in [0, 0.05) is 19.1 Å². The molecule has 17 heavy (non-hydrogen) atoms. The van der Waals surface area contributed by atoms with E-state index in [-0.39, 0.29) is 0 Å². The fraction of sp³-hybridized carbons (Fsp3) is 0.600. The summed E-state index contributed by atoms with van der Waals surface area (Å²) in [5.41, 5.74) is 7.33. The molecular weight excluding hydrogens is 208 g/mol. The Morgan fingerprint density at radius 2 is 1.82 bits per heavy atom. The molecule has 0 saturated carbocycles. The summed E-state index contributed by atoms with van der Waals surface area (Å²) in [4.78, 5) is 2.58. The van der Waals surface area contributed by atoms with Gasteiger partial charge >= 0.3 is 0 Å². The molecule has 1 aromatic rings. The minimum Gasteiger partial charge on any atom is -0.329 e. The zero-order chi connectivity index (χ0) is 11.9. The molecule has 1 saturated heterocycles. The maximum absolute atomic E-state index is 5.93. The van der Waals surface area contributed by atoms with Gasteiger partial charge in [-0.1, -0.05) is 49.6 Å². The van der Waals surface area contributed by atoms with Crippen LogP contribution in [0.5, 0.6) is 0 Å². The van der Waals surface area contributed by atoms with Crippen molar-refractivity contribution < 1.29 is 0 Å². The smallest absolute Gasteiger partial charge is 0.0237 e. The highest BCUT2D eigenvalue weighted by molar-refractivity contribution is 5.14. The van der Waals surface area contributed by atoms with Crippen LogP contribution in [0.3, 0.4) is 0 Å². The maximum Gasteiger partial charge on any atom is 0.0237 e. The third-order valence-corrected chi connectivity index (χ3v) is 3.75. The van der Waals surface area contributed by atoms with Gasteiger partial charge in [0.05, 0.1) is 0 Å². The van der Waals surface area contributed by atoms with Crippen LogP contribution in [-0.4, -0.2) is 24.0 Å². The summed E-state index contributed by atoms with van der Waals surface area (Å²) < 4.78 is 0. The van der Waals surface area contributed by atoms with Crippen molar-refractivity contribution in [2.24, 2.45) is 5.73 Å². The van der Waals surface area contributed by atoms with Gasteiger partial charge < -0.3 is 5.73 Å². The van der Waals surface area contributed by atoms with E-state index in [1.54, 1.807) is 0 Å². The number of nitrogens with two attached hydrogens (primary N) is 1. The lowest BCUT2D eigenvalue weighted by atomic mass is 10.0. The minimum absolute atomic E-state index is 0.579. The summed E-state index contributed by atoms with van der Waals surface area (Å²) in [5.74, 6) is 0. The Labute approximate surface area is 105 Å². The molecule has 1 unspecified atom stereocenters. The topological polar surface area (TPSA) is 29.3 Å². The molecule has 1 heterocycles. The quantitative estimate of drug-likeness (QED) is 0.868. The lowest BCUT2D eigenvalue weighted by Crippen LogP contribution is -2.41. The molecule has 1 atom stereocenters. The monoisotopic (exact) mass is 232 g/mol. The van der Waals surface area contributed by atoms with Crippen LogP contribution in [0.2, 0.25) is 0 Å². The molecule has 0 spiro atoms. The molecule has 1 fully saturated rings. The summed E-state index contributed by atoms with van der Waals surface area (Å²) in [6, 6.07) is 11.3. The molecular formula is C15H24N2. The van der Waals surface area contributed by atoms with E-state index in [0.29, 0.717) is 6.04 Å². The van der Waals surface area contributed by atoms with E-state index in [1.165, 1.54) is 44.2 Å². The highest BCUT2D eigenvalue weighted by Crippen LogP contribution is 2.18. The van der Waals surface area contributed by atoms with Crippen LogP contribution in [-0.2, 0) is 6.54 Å². The first-order valence-corrected chi connectivity index (χ1v) is 6.88. The molecule has 2 nitrogen and oxygen atoms in total. The second-order valence-electron chi connectivity index (χ2n) is 5.05. The Bertz CT molecular complexity index is 310. The van der Waals surface area contributed by atoms with Crippen LogP contribution in [0.15, 0.2) is 30.3 Å². The lowest BCUT2D eigenvalue weighted by molar-refractivity contribution is 0.164. The summed E-state index contributed by atoms with van der Waals surface area (Å²) in [7, 11) is 0. The van der Waals surface area contributed by atoms with E-state index in [0.717, 1.165) is 13.1 Å². The Morgan fingerprint density at radius 1 is 1.06 bits per heavy atom. The Kier molecular flexibility index (Phi) is 5.02. The van der Waals surface area contributed by atoms with Crippen molar-refractivity contribution in [2.75, 3.05) is 13.1 Å². The van der Waals surface area contributed by atoms with Gasteiger partial charge in [-0.25, -0.2) is 0 Å². The van der Waals surface area contributed by atoms with Gasteiger partial charge in [0.1, 0.15) is 0 Å². The van der Waals surface area contributed by atoms with Gasteiger partial charge in [0.15, 0.2) is 0 Å². The maximum atomic E-state index is 5.93. The molecule has 0 radical (unpaired) electrons. The van der Waals surface area contributed by atoms with Crippen LogP contribution in [0.25, 0.3) is 0 Å². The number of benzene rings is 1. The molecule has 2 N–H and O–H groups in total. The predicted octanol–water partition coefficient (Wildman–Crippen LogP) is 2.78. The van der Waals surface area contributed by atoms with Crippen LogP contribution >= 0.6 is 0 Å². The molecule has 1 aromatic carbocycles. The van der Waals surface area contributed by atoms with E-state index in [2.05, 4.69) is 35.2 Å². The number of nitrogens with zero attached hydrogens (tertiary/aromatic N) is 1. The van der Waals surface area contributed by atoms with Gasteiger partial charge in [0.25, 0.3) is 0 Å². The summed E-state index contributed by atoms with van der Waals surface area (Å²) in [6.45, 7) is 3.06. The van der Waals surface area contributed by atoms with Crippen LogP contribution in [0.4, 0.5) is 0 Å². The molecule has 2 rings (SSSR count). The molecule has 0 amide bonds. The van der Waals surface area contributed by atoms with Gasteiger partial charge in [-0.3, -0.25) is 4.90 Å². The van der Waals surface area contributed by atoms with Crippen molar-refractivity contribution in [1.29, 1.82) is 0 Å². The van der Waals surface area contributed by atoms with Crippen molar-refractivity contribution >= 4 is 0 Å². The number of rotatable bonds is 3. The second kappa shape index (κ2) is 6.77. The second-order valence-corrected chi connectivity index (χ2v) is 5.05. The Balaban J connectivity index is 1.99. The molecule has 94 valence electrons. The van der Waals surface area contributed by atoms with E-state index in [9.17, 15) is 0 Å². The summed E-state index contributed by atoms with van der Waals surface area (Å²) >= 11 is 0. The van der Waals surface area contributed by atoms with Gasteiger partial charge in [-0.05, 0) is 24.9 Å². The van der Waals surface area contributed by atoms with Crippen molar-refractivity contribution in [1.82, 2.24) is 4.90 Å². The minimum atomic E-state index is 0.579. The highest BCUT2D eigenvalue weighted by Gasteiger charge is 2.18. The van der Waals surface area contributed by atoms with Crippen molar-refractivity contribution in [3.8, 4) is 0 Å². The highest BCUT2D eigenvalue weighted by atomic mass is 15.2. The van der Waals surface area contributed by atoms with Crippen molar-refractivity contribution in [2.45, 2.75) is 44.7 Å². The van der Waals surface area contributed by atoms with Crippen LogP contribution in [0.1, 0.15) is 37.7 Å². The third-order valence-electron chi connectivity index (χ3n) is 3.75. The first kappa shape index (κ1) is 12.6. The zero-order valence-electron chi connectivity index (χ0n) is 10.6. The third kappa shape index (κ3) is 3.83. The number of hydrogen-bond acceptors (Lipinski definition) is 2. The SMILES string of the molecule is NCC1CCCCCCN1Cc1ccccc1. The number of likely N-dealkylation sites (tertiary alicyclic amines) is 1. The van der Waals surface area contributed by atoms with Crippen molar-refractivity contribution in [3.63, 3.8) is 0 Å². The first-order valence-electron chi connectivity index (χ1n) is 6.88. The average molecular weight is 232 g/mol. The molecule has 0 bridgehead atoms. The lowest BCUT2D eigenvalue weighted by Gasteiger charge is -2.32. The molecule has 1 aliphatic rings. The summed E-state index contributed by atoms with van der Waals surface area (Å²) in [5, 5.41) is 0. The van der Waals surface area contributed by atoms with Gasteiger partial charge in [0.2, 0.25) is 0 Å². The van der Waals surface area contributed by atoms with Crippen LogP contribution in [0, 0.1) is 0 Å². The predicted molar refractivity (Wildman–Crippen MR) is 72.8 cm³/mol. The van der Waals surface area contributed by atoms with Gasteiger partial charge in [-0.15, -0.1) is 0 Å². The fourth-order valence-corrected chi connectivity index (χ4v) is 2.71. The molecule has 0 aliphatic carbocycles. The Morgan fingerprint density at radius 3 is 2.59 bits per heavy atom. The number of hydrogen-bond donors (Lipinski definition) is 1. The molecule has 0 aromatic heterocycles. The largest absolute Gasteiger partial charge is 0.329 e. The van der Waals surface area contributed by atoms with E-state index in [4.69, 9.17) is 5.73 Å². The van der Waals surface area contributed by atoms with E-state index < -0.39 is 0 Å². The van der Waals surface area contributed by atoms with Crippen molar-refractivity contribution in [3.05, 3.63) is 35.9 Å². The average Bonchev–Trinajstić information content (AvgIpc) is 2.34. The zero-order valence-corrected chi connectivity index (χ0v) is 10.6. The fourth-order valence-electron chi connectivity index (χ4n) is 2.71. The van der Waals surface area contributed by atoms with Crippen LogP contribution < -0.4 is 5.73 Å². The standard InChI is InChI=1S/C15H24N2/c16-12-15-10-6-1-2-7-11-17(15)13-14-8-4-3-5-9-14/h3-5,8-9,15H,1-2,6-7,10-13,16H2. The normalized spacial score (nSPS) is 23.0. The van der Waals surface area contributed by atoms with E-state index in [1.807, 2.05) is 0 Å². The van der Waals surface area contributed by atoms with E-state index >= 15 is 0 Å². The molecule has 1 aliphatic heterocycles. The first-order chi connectivity index (χ1) is 8.40.